The van der Waals surface area contributed by atoms with E-state index in [-0.39, 0.29) is 11.7 Å². The van der Waals surface area contributed by atoms with Crippen molar-refractivity contribution < 1.29 is 14.3 Å². The van der Waals surface area contributed by atoms with Crippen molar-refractivity contribution in [1.29, 1.82) is 0 Å². The number of rotatable bonds is 3. The third-order valence-corrected chi connectivity index (χ3v) is 3.72. The molecule has 0 aromatic heterocycles. The van der Waals surface area contributed by atoms with Crippen molar-refractivity contribution in [3.05, 3.63) is 0 Å². The summed E-state index contributed by atoms with van der Waals surface area (Å²) in [7, 11) is 1.33. The summed E-state index contributed by atoms with van der Waals surface area (Å²) in [6, 6.07) is 0. The highest BCUT2D eigenvalue weighted by Crippen LogP contribution is 2.39. The van der Waals surface area contributed by atoms with Crippen LogP contribution in [0, 0.1) is 17.3 Å². The third kappa shape index (κ3) is 3.06. The van der Waals surface area contributed by atoms with Crippen LogP contribution in [0.4, 0.5) is 0 Å². The molecular formula is C13H22O3. The van der Waals surface area contributed by atoms with Gasteiger partial charge in [-0.15, -0.1) is 0 Å². The lowest BCUT2D eigenvalue weighted by atomic mass is 9.71. The first kappa shape index (κ1) is 13.2. The van der Waals surface area contributed by atoms with Crippen LogP contribution in [0.15, 0.2) is 0 Å². The van der Waals surface area contributed by atoms with E-state index in [2.05, 4.69) is 18.6 Å². The zero-order valence-corrected chi connectivity index (χ0v) is 10.7. The van der Waals surface area contributed by atoms with E-state index in [0.29, 0.717) is 5.41 Å². The predicted molar refractivity (Wildman–Crippen MR) is 61.9 cm³/mol. The van der Waals surface area contributed by atoms with Crippen molar-refractivity contribution in [2.75, 3.05) is 7.11 Å². The molecule has 3 heteroatoms. The molecule has 1 rings (SSSR count). The number of methoxy groups -OCH3 is 1. The largest absolute Gasteiger partial charge is 0.468 e. The Balaban J connectivity index is 2.54. The molecule has 3 nitrogen and oxygen atoms in total. The Bertz CT molecular complexity index is 271. The van der Waals surface area contributed by atoms with Gasteiger partial charge in [0.1, 0.15) is 11.7 Å². The number of hydrogen-bond donors (Lipinski definition) is 0. The van der Waals surface area contributed by atoms with Gasteiger partial charge >= 0.3 is 5.97 Å². The molecule has 1 aliphatic rings. The van der Waals surface area contributed by atoms with Crippen LogP contribution in [0.5, 0.6) is 0 Å². The first-order valence-corrected chi connectivity index (χ1v) is 5.99. The Kier molecular flexibility index (Phi) is 4.11. The summed E-state index contributed by atoms with van der Waals surface area (Å²) in [6.45, 7) is 6.11. The SMILES string of the molecule is COC(=O)C(C)C(=O)C1CCC(C)(C)CC1. The van der Waals surface area contributed by atoms with Crippen LogP contribution >= 0.6 is 0 Å². The number of Topliss-reactive ketones (excluding diaryl/α,β-unsaturated/α-hetero) is 1. The Morgan fingerprint density at radius 1 is 1.25 bits per heavy atom. The summed E-state index contributed by atoms with van der Waals surface area (Å²) >= 11 is 0. The Morgan fingerprint density at radius 2 is 1.75 bits per heavy atom. The molecule has 0 amide bonds. The second-order valence-corrected chi connectivity index (χ2v) is 5.59. The van der Waals surface area contributed by atoms with Gasteiger partial charge in [-0.2, -0.15) is 0 Å². The quantitative estimate of drug-likeness (QED) is 0.548. The van der Waals surface area contributed by atoms with Gasteiger partial charge in [-0.05, 0) is 38.0 Å². The van der Waals surface area contributed by atoms with Crippen LogP contribution in [0.2, 0.25) is 0 Å². The maximum Gasteiger partial charge on any atom is 0.315 e. The minimum atomic E-state index is -0.601. The van der Waals surface area contributed by atoms with E-state index in [4.69, 9.17) is 0 Å². The van der Waals surface area contributed by atoms with Gasteiger partial charge < -0.3 is 4.74 Å². The third-order valence-electron chi connectivity index (χ3n) is 3.72. The molecule has 0 saturated heterocycles. The molecule has 0 heterocycles. The highest BCUT2D eigenvalue weighted by Gasteiger charge is 2.34. The monoisotopic (exact) mass is 226 g/mol. The van der Waals surface area contributed by atoms with Gasteiger partial charge in [-0.1, -0.05) is 13.8 Å². The van der Waals surface area contributed by atoms with Crippen LogP contribution in [0.25, 0.3) is 0 Å². The van der Waals surface area contributed by atoms with Crippen LogP contribution < -0.4 is 0 Å². The van der Waals surface area contributed by atoms with Crippen molar-refractivity contribution in [2.45, 2.75) is 46.5 Å². The first-order chi connectivity index (χ1) is 7.37. The average Bonchev–Trinajstić information content (AvgIpc) is 2.26. The lowest BCUT2D eigenvalue weighted by Gasteiger charge is -2.34. The van der Waals surface area contributed by atoms with Gasteiger partial charge in [-0.25, -0.2) is 0 Å². The molecule has 16 heavy (non-hydrogen) atoms. The van der Waals surface area contributed by atoms with Crippen LogP contribution in [-0.4, -0.2) is 18.9 Å². The number of ether oxygens (including phenoxy) is 1. The summed E-state index contributed by atoms with van der Waals surface area (Å²) < 4.78 is 4.61. The van der Waals surface area contributed by atoms with Crippen molar-refractivity contribution in [1.82, 2.24) is 0 Å². The molecule has 0 aromatic carbocycles. The Labute approximate surface area is 97.5 Å². The Morgan fingerprint density at radius 3 is 2.19 bits per heavy atom. The topological polar surface area (TPSA) is 43.4 Å². The fourth-order valence-corrected chi connectivity index (χ4v) is 2.33. The summed E-state index contributed by atoms with van der Waals surface area (Å²) in [5.74, 6) is -0.893. The Hall–Kier alpha value is -0.860. The van der Waals surface area contributed by atoms with Gasteiger partial charge in [0, 0.05) is 5.92 Å². The second kappa shape index (κ2) is 4.98. The molecule has 1 saturated carbocycles. The average molecular weight is 226 g/mol. The normalized spacial score (nSPS) is 22.5. The molecule has 0 N–H and O–H groups in total. The fraction of sp³-hybridized carbons (Fsp3) is 0.846. The van der Waals surface area contributed by atoms with Crippen molar-refractivity contribution in [3.63, 3.8) is 0 Å². The van der Waals surface area contributed by atoms with Crippen molar-refractivity contribution in [3.8, 4) is 0 Å². The van der Waals surface area contributed by atoms with E-state index in [0.717, 1.165) is 25.7 Å². The van der Waals surface area contributed by atoms with Gasteiger partial charge in [0.2, 0.25) is 0 Å². The molecule has 0 aromatic rings. The molecule has 1 aliphatic carbocycles. The lowest BCUT2D eigenvalue weighted by molar-refractivity contribution is -0.150. The smallest absolute Gasteiger partial charge is 0.315 e. The van der Waals surface area contributed by atoms with Crippen molar-refractivity contribution >= 4 is 11.8 Å². The van der Waals surface area contributed by atoms with E-state index < -0.39 is 11.9 Å². The van der Waals surface area contributed by atoms with E-state index in [1.54, 1.807) is 6.92 Å². The lowest BCUT2D eigenvalue weighted by Crippen LogP contribution is -2.32. The predicted octanol–water partition coefficient (Wildman–Crippen LogP) is 2.58. The van der Waals surface area contributed by atoms with Crippen LogP contribution in [0.3, 0.4) is 0 Å². The highest BCUT2D eigenvalue weighted by molar-refractivity contribution is 5.99. The summed E-state index contributed by atoms with van der Waals surface area (Å²) in [6.07, 6.45) is 3.95. The standard InChI is InChI=1S/C13H22O3/c1-9(12(15)16-4)11(14)10-5-7-13(2,3)8-6-10/h9-10H,5-8H2,1-4H3. The number of carbonyl (C=O) groups is 2. The summed E-state index contributed by atoms with van der Waals surface area (Å²) in [4.78, 5) is 23.3. The molecule has 0 radical (unpaired) electrons. The second-order valence-electron chi connectivity index (χ2n) is 5.59. The van der Waals surface area contributed by atoms with Crippen molar-refractivity contribution in [2.24, 2.45) is 17.3 Å². The minimum absolute atomic E-state index is 0.0575. The maximum absolute atomic E-state index is 12.0. The van der Waals surface area contributed by atoms with E-state index in [1.165, 1.54) is 7.11 Å². The molecule has 92 valence electrons. The highest BCUT2D eigenvalue weighted by atomic mass is 16.5. The van der Waals surface area contributed by atoms with E-state index >= 15 is 0 Å². The van der Waals surface area contributed by atoms with Crippen LogP contribution in [-0.2, 0) is 14.3 Å². The minimum Gasteiger partial charge on any atom is -0.468 e. The number of esters is 1. The first-order valence-electron chi connectivity index (χ1n) is 5.99. The van der Waals surface area contributed by atoms with Gasteiger partial charge in [0.25, 0.3) is 0 Å². The fourth-order valence-electron chi connectivity index (χ4n) is 2.33. The summed E-state index contributed by atoms with van der Waals surface area (Å²) in [5, 5.41) is 0. The number of hydrogen-bond acceptors (Lipinski definition) is 3. The molecule has 0 bridgehead atoms. The molecule has 0 spiro atoms. The van der Waals surface area contributed by atoms with Gasteiger partial charge in [0.15, 0.2) is 0 Å². The van der Waals surface area contributed by atoms with Crippen LogP contribution in [0.1, 0.15) is 46.5 Å². The maximum atomic E-state index is 12.0. The van der Waals surface area contributed by atoms with E-state index in [1.807, 2.05) is 0 Å². The zero-order chi connectivity index (χ0) is 12.3. The van der Waals surface area contributed by atoms with E-state index in [9.17, 15) is 9.59 Å². The molecule has 0 aliphatic heterocycles. The summed E-state index contributed by atoms with van der Waals surface area (Å²) in [5.41, 5.74) is 0.352. The molecule has 1 fully saturated rings. The molecule has 1 unspecified atom stereocenters. The number of carbonyl (C=O) groups excluding carboxylic acids is 2. The molecular weight excluding hydrogens is 204 g/mol. The molecule has 1 atom stereocenters. The van der Waals surface area contributed by atoms with Gasteiger partial charge in [-0.3, -0.25) is 9.59 Å². The number of ketones is 1. The van der Waals surface area contributed by atoms with Gasteiger partial charge in [0.05, 0.1) is 7.11 Å². The zero-order valence-electron chi connectivity index (χ0n) is 10.7.